The predicted molar refractivity (Wildman–Crippen MR) is 68.9 cm³/mol. The van der Waals surface area contributed by atoms with Gasteiger partial charge in [0.1, 0.15) is 5.01 Å². The second-order valence-electron chi connectivity index (χ2n) is 4.42. The first-order valence-corrected chi connectivity index (χ1v) is 6.96. The average molecular weight is 267 g/mol. The zero-order chi connectivity index (χ0) is 13.0. The third-order valence-corrected chi connectivity index (χ3v) is 3.99. The van der Waals surface area contributed by atoms with Crippen molar-refractivity contribution in [3.8, 4) is 0 Å². The van der Waals surface area contributed by atoms with E-state index in [0.29, 0.717) is 19.6 Å². The number of thiazole rings is 1. The lowest BCUT2D eigenvalue weighted by Gasteiger charge is -2.30. The van der Waals surface area contributed by atoms with Gasteiger partial charge in [-0.1, -0.05) is 0 Å². The molecular formula is C12H17N3O2S. The Hall–Kier alpha value is -1.43. The SMILES string of the molecule is CC(=O)N1CCC(C(=O)NCc2nccs2)CC1. The Balaban J connectivity index is 1.75. The molecular weight excluding hydrogens is 250 g/mol. The molecule has 1 saturated heterocycles. The van der Waals surface area contributed by atoms with Gasteiger partial charge in [-0.15, -0.1) is 11.3 Å². The summed E-state index contributed by atoms with van der Waals surface area (Å²) in [5, 5.41) is 5.72. The number of hydrogen-bond acceptors (Lipinski definition) is 4. The molecule has 1 aromatic heterocycles. The van der Waals surface area contributed by atoms with E-state index in [1.807, 2.05) is 5.38 Å². The Morgan fingerprint density at radius 3 is 2.78 bits per heavy atom. The second-order valence-corrected chi connectivity index (χ2v) is 5.40. The number of hydrogen-bond donors (Lipinski definition) is 1. The molecule has 0 aromatic carbocycles. The fraction of sp³-hybridized carbons (Fsp3) is 0.583. The van der Waals surface area contributed by atoms with Crippen molar-refractivity contribution in [2.75, 3.05) is 13.1 Å². The first kappa shape index (κ1) is 13.0. The van der Waals surface area contributed by atoms with Gasteiger partial charge in [0.15, 0.2) is 0 Å². The Kier molecular flexibility index (Phi) is 4.30. The van der Waals surface area contributed by atoms with Crippen LogP contribution in [0.15, 0.2) is 11.6 Å². The van der Waals surface area contributed by atoms with Gasteiger partial charge in [0.05, 0.1) is 6.54 Å². The summed E-state index contributed by atoms with van der Waals surface area (Å²) in [5.41, 5.74) is 0. The number of nitrogens with zero attached hydrogens (tertiary/aromatic N) is 2. The monoisotopic (exact) mass is 267 g/mol. The van der Waals surface area contributed by atoms with Crippen molar-refractivity contribution < 1.29 is 9.59 Å². The highest BCUT2D eigenvalue weighted by molar-refractivity contribution is 7.09. The van der Waals surface area contributed by atoms with Gasteiger partial charge in [-0.05, 0) is 12.8 Å². The summed E-state index contributed by atoms with van der Waals surface area (Å²) in [6.07, 6.45) is 3.24. The summed E-state index contributed by atoms with van der Waals surface area (Å²) in [6.45, 7) is 3.45. The van der Waals surface area contributed by atoms with Gasteiger partial charge in [0.2, 0.25) is 11.8 Å². The number of carbonyl (C=O) groups is 2. The lowest BCUT2D eigenvalue weighted by molar-refractivity contribution is -0.134. The van der Waals surface area contributed by atoms with Crippen LogP contribution in [0.2, 0.25) is 0 Å². The molecule has 0 radical (unpaired) electrons. The van der Waals surface area contributed by atoms with Crippen LogP contribution >= 0.6 is 11.3 Å². The molecule has 1 aromatic rings. The highest BCUT2D eigenvalue weighted by Crippen LogP contribution is 2.17. The molecule has 0 aliphatic carbocycles. The van der Waals surface area contributed by atoms with Crippen LogP contribution in [-0.2, 0) is 16.1 Å². The van der Waals surface area contributed by atoms with Gasteiger partial charge >= 0.3 is 0 Å². The number of rotatable bonds is 3. The summed E-state index contributed by atoms with van der Waals surface area (Å²) in [5.74, 6) is 0.200. The number of piperidine rings is 1. The normalized spacial score (nSPS) is 16.6. The van der Waals surface area contributed by atoms with E-state index in [1.54, 1.807) is 18.0 Å². The van der Waals surface area contributed by atoms with E-state index in [-0.39, 0.29) is 17.7 Å². The van der Waals surface area contributed by atoms with E-state index >= 15 is 0 Å². The number of carbonyl (C=O) groups excluding carboxylic acids is 2. The summed E-state index contributed by atoms with van der Waals surface area (Å²) in [7, 11) is 0. The molecule has 1 aliphatic heterocycles. The Labute approximate surface area is 110 Å². The van der Waals surface area contributed by atoms with Crippen LogP contribution in [0.25, 0.3) is 0 Å². The molecule has 1 aliphatic rings. The number of aromatic nitrogens is 1. The first-order valence-electron chi connectivity index (χ1n) is 6.08. The summed E-state index contributed by atoms with van der Waals surface area (Å²) >= 11 is 1.54. The van der Waals surface area contributed by atoms with Crippen molar-refractivity contribution in [2.45, 2.75) is 26.3 Å². The second kappa shape index (κ2) is 5.95. The molecule has 0 atom stereocenters. The number of likely N-dealkylation sites (tertiary alicyclic amines) is 1. The third kappa shape index (κ3) is 3.29. The highest BCUT2D eigenvalue weighted by Gasteiger charge is 2.25. The van der Waals surface area contributed by atoms with Gasteiger partial charge in [-0.2, -0.15) is 0 Å². The van der Waals surface area contributed by atoms with Crippen LogP contribution in [0.1, 0.15) is 24.8 Å². The molecule has 98 valence electrons. The highest BCUT2D eigenvalue weighted by atomic mass is 32.1. The lowest BCUT2D eigenvalue weighted by atomic mass is 9.96. The molecule has 5 nitrogen and oxygen atoms in total. The van der Waals surface area contributed by atoms with Crippen LogP contribution in [0.5, 0.6) is 0 Å². The molecule has 1 fully saturated rings. The largest absolute Gasteiger partial charge is 0.349 e. The maximum Gasteiger partial charge on any atom is 0.223 e. The van der Waals surface area contributed by atoms with Gasteiger partial charge in [-0.3, -0.25) is 9.59 Å². The molecule has 0 bridgehead atoms. The number of nitrogens with one attached hydrogen (secondary N) is 1. The third-order valence-electron chi connectivity index (χ3n) is 3.21. The van der Waals surface area contributed by atoms with Crippen LogP contribution in [0.4, 0.5) is 0 Å². The van der Waals surface area contributed by atoms with E-state index in [1.165, 1.54) is 11.3 Å². The van der Waals surface area contributed by atoms with Gasteiger partial charge in [0.25, 0.3) is 0 Å². The minimum Gasteiger partial charge on any atom is -0.349 e. The van der Waals surface area contributed by atoms with Crippen molar-refractivity contribution in [3.05, 3.63) is 16.6 Å². The van der Waals surface area contributed by atoms with Gasteiger partial charge < -0.3 is 10.2 Å². The Morgan fingerprint density at radius 2 is 2.22 bits per heavy atom. The fourth-order valence-corrected chi connectivity index (χ4v) is 2.66. The van der Waals surface area contributed by atoms with Crippen LogP contribution in [0, 0.1) is 5.92 Å². The minimum absolute atomic E-state index is 0.0283. The zero-order valence-electron chi connectivity index (χ0n) is 10.4. The van der Waals surface area contributed by atoms with E-state index < -0.39 is 0 Å². The molecule has 0 spiro atoms. The van der Waals surface area contributed by atoms with Crippen LogP contribution < -0.4 is 5.32 Å². The quantitative estimate of drug-likeness (QED) is 0.889. The van der Waals surface area contributed by atoms with E-state index in [2.05, 4.69) is 10.3 Å². The molecule has 1 N–H and O–H groups in total. The summed E-state index contributed by atoms with van der Waals surface area (Å²) in [4.78, 5) is 29.0. The molecule has 0 unspecified atom stereocenters. The Morgan fingerprint density at radius 1 is 1.50 bits per heavy atom. The van der Waals surface area contributed by atoms with Crippen molar-refractivity contribution in [1.29, 1.82) is 0 Å². The van der Waals surface area contributed by atoms with E-state index in [9.17, 15) is 9.59 Å². The summed E-state index contributed by atoms with van der Waals surface area (Å²) < 4.78 is 0. The molecule has 2 rings (SSSR count). The smallest absolute Gasteiger partial charge is 0.223 e. The van der Waals surface area contributed by atoms with Crippen molar-refractivity contribution in [1.82, 2.24) is 15.2 Å². The minimum atomic E-state index is 0.0283. The van der Waals surface area contributed by atoms with E-state index in [0.717, 1.165) is 17.8 Å². The van der Waals surface area contributed by atoms with Gasteiger partial charge in [-0.25, -0.2) is 4.98 Å². The number of amides is 2. The fourth-order valence-electron chi connectivity index (χ4n) is 2.10. The standard InChI is InChI=1S/C12H17N3O2S/c1-9(16)15-5-2-10(3-6-15)12(17)14-8-11-13-4-7-18-11/h4,7,10H,2-3,5-6,8H2,1H3,(H,14,17). The zero-order valence-corrected chi connectivity index (χ0v) is 11.2. The predicted octanol–water partition coefficient (Wildman–Crippen LogP) is 1.02. The first-order chi connectivity index (χ1) is 8.66. The molecule has 6 heteroatoms. The maximum absolute atomic E-state index is 11.9. The molecule has 0 saturated carbocycles. The van der Waals surface area contributed by atoms with Crippen molar-refractivity contribution >= 4 is 23.2 Å². The van der Waals surface area contributed by atoms with Gasteiger partial charge in [0, 0.05) is 37.5 Å². The Bertz CT molecular complexity index is 411. The average Bonchev–Trinajstić information content (AvgIpc) is 2.89. The molecule has 2 amide bonds. The van der Waals surface area contributed by atoms with Crippen molar-refractivity contribution in [2.24, 2.45) is 5.92 Å². The summed E-state index contributed by atoms with van der Waals surface area (Å²) in [6, 6.07) is 0. The van der Waals surface area contributed by atoms with E-state index in [4.69, 9.17) is 0 Å². The lowest BCUT2D eigenvalue weighted by Crippen LogP contribution is -2.42. The topological polar surface area (TPSA) is 62.3 Å². The molecule has 18 heavy (non-hydrogen) atoms. The van der Waals surface area contributed by atoms with Crippen LogP contribution in [-0.4, -0.2) is 34.8 Å². The van der Waals surface area contributed by atoms with Crippen molar-refractivity contribution in [3.63, 3.8) is 0 Å². The molecule has 2 heterocycles. The van der Waals surface area contributed by atoms with Crippen LogP contribution in [0.3, 0.4) is 0 Å². The maximum atomic E-state index is 11.9.